The van der Waals surface area contributed by atoms with E-state index in [-0.39, 0.29) is 30.9 Å². The molecule has 110 valence electrons. The molecule has 0 fully saturated rings. The number of rotatable bonds is 6. The summed E-state index contributed by atoms with van der Waals surface area (Å²) < 4.78 is 18.4. The average Bonchev–Trinajstić information content (AvgIpc) is 2.52. The second kappa shape index (κ2) is 7.55. The first kappa shape index (κ1) is 15.2. The molecular weight excluding hydrogens is 269 g/mol. The normalized spacial score (nSPS) is 11.9. The quantitative estimate of drug-likeness (QED) is 0.829. The minimum atomic E-state index is -0.371. The molecule has 0 saturated heterocycles. The molecule has 2 aromatic carbocycles. The molecule has 2 rings (SSSR count). The van der Waals surface area contributed by atoms with Gasteiger partial charge in [-0.1, -0.05) is 48.5 Å². The van der Waals surface area contributed by atoms with Crippen LogP contribution in [-0.2, 0) is 16.1 Å². The van der Waals surface area contributed by atoms with Gasteiger partial charge in [0.1, 0.15) is 12.4 Å². The zero-order valence-electron chi connectivity index (χ0n) is 11.7. The first-order chi connectivity index (χ1) is 10.2. The predicted octanol–water partition coefficient (Wildman–Crippen LogP) is 3.35. The second-order valence-electron chi connectivity index (χ2n) is 4.81. The molecule has 0 aromatic heterocycles. The van der Waals surface area contributed by atoms with Gasteiger partial charge in [0.2, 0.25) is 0 Å². The molecule has 3 nitrogen and oxygen atoms in total. The van der Waals surface area contributed by atoms with E-state index < -0.39 is 0 Å². The monoisotopic (exact) mass is 287 g/mol. The lowest BCUT2D eigenvalue weighted by atomic mass is 10.0. The second-order valence-corrected chi connectivity index (χ2v) is 4.81. The number of halogens is 1. The van der Waals surface area contributed by atoms with Gasteiger partial charge in [0.25, 0.3) is 0 Å². The Labute approximate surface area is 123 Å². The third kappa shape index (κ3) is 4.68. The van der Waals surface area contributed by atoms with Crippen LogP contribution >= 0.6 is 0 Å². The van der Waals surface area contributed by atoms with Gasteiger partial charge in [-0.3, -0.25) is 4.79 Å². The van der Waals surface area contributed by atoms with Gasteiger partial charge in [0.05, 0.1) is 0 Å². The molecular formula is C17H18FNO2. The third-order valence-corrected chi connectivity index (χ3v) is 3.23. The largest absolute Gasteiger partial charge is 0.461 e. The standard InChI is InChI=1S/C17H18FNO2/c18-15-9-5-4-8-14(15)12-21-17(20)11-10-16(19)13-6-2-1-3-7-13/h1-9,16H,10-12,19H2. The Morgan fingerprint density at radius 2 is 1.76 bits per heavy atom. The minimum Gasteiger partial charge on any atom is -0.461 e. The van der Waals surface area contributed by atoms with Crippen molar-refractivity contribution in [1.82, 2.24) is 0 Å². The maximum Gasteiger partial charge on any atom is 0.306 e. The summed E-state index contributed by atoms with van der Waals surface area (Å²) in [5.74, 6) is -0.740. The van der Waals surface area contributed by atoms with E-state index in [2.05, 4.69) is 0 Å². The van der Waals surface area contributed by atoms with Crippen molar-refractivity contribution in [3.63, 3.8) is 0 Å². The van der Waals surface area contributed by atoms with Crippen LogP contribution in [0, 0.1) is 5.82 Å². The summed E-state index contributed by atoms with van der Waals surface area (Å²) in [6.07, 6.45) is 0.713. The maximum absolute atomic E-state index is 13.4. The number of carbonyl (C=O) groups excluding carboxylic acids is 1. The maximum atomic E-state index is 13.4. The number of hydrogen-bond acceptors (Lipinski definition) is 3. The Morgan fingerprint density at radius 3 is 2.48 bits per heavy atom. The molecule has 0 saturated carbocycles. The van der Waals surface area contributed by atoms with Gasteiger partial charge in [-0.25, -0.2) is 4.39 Å². The van der Waals surface area contributed by atoms with Crippen LogP contribution in [0.4, 0.5) is 4.39 Å². The van der Waals surface area contributed by atoms with Gasteiger partial charge in [-0.2, -0.15) is 0 Å². The van der Waals surface area contributed by atoms with Crippen LogP contribution in [-0.4, -0.2) is 5.97 Å². The van der Waals surface area contributed by atoms with E-state index in [0.717, 1.165) is 5.56 Å². The third-order valence-electron chi connectivity index (χ3n) is 3.23. The molecule has 0 spiro atoms. The summed E-state index contributed by atoms with van der Waals surface area (Å²) in [5.41, 5.74) is 7.37. The van der Waals surface area contributed by atoms with E-state index in [1.165, 1.54) is 6.07 Å². The molecule has 2 N–H and O–H groups in total. The molecule has 0 radical (unpaired) electrons. The molecule has 0 amide bonds. The highest BCUT2D eigenvalue weighted by Crippen LogP contribution is 2.16. The van der Waals surface area contributed by atoms with Crippen LogP contribution in [0.1, 0.15) is 30.0 Å². The van der Waals surface area contributed by atoms with Crippen molar-refractivity contribution < 1.29 is 13.9 Å². The lowest BCUT2D eigenvalue weighted by Crippen LogP contribution is -2.13. The summed E-state index contributed by atoms with van der Waals surface area (Å²) >= 11 is 0. The first-order valence-corrected chi connectivity index (χ1v) is 6.86. The van der Waals surface area contributed by atoms with E-state index in [9.17, 15) is 9.18 Å². The Bertz CT molecular complexity index is 586. The minimum absolute atomic E-state index is 0.0495. The van der Waals surface area contributed by atoms with E-state index in [1.807, 2.05) is 30.3 Å². The first-order valence-electron chi connectivity index (χ1n) is 6.86. The van der Waals surface area contributed by atoms with Gasteiger partial charge >= 0.3 is 5.97 Å². The van der Waals surface area contributed by atoms with Crippen LogP contribution in [0.3, 0.4) is 0 Å². The van der Waals surface area contributed by atoms with E-state index in [4.69, 9.17) is 10.5 Å². The highest BCUT2D eigenvalue weighted by Gasteiger charge is 2.10. The van der Waals surface area contributed by atoms with Gasteiger partial charge in [-0.05, 0) is 18.1 Å². The van der Waals surface area contributed by atoms with Crippen molar-refractivity contribution in [2.75, 3.05) is 0 Å². The van der Waals surface area contributed by atoms with Gasteiger partial charge in [0.15, 0.2) is 0 Å². The SMILES string of the molecule is NC(CCC(=O)OCc1ccccc1F)c1ccccc1. The van der Waals surface area contributed by atoms with Gasteiger partial charge in [0, 0.05) is 18.0 Å². The average molecular weight is 287 g/mol. The Hall–Kier alpha value is -2.20. The molecule has 1 atom stereocenters. The summed E-state index contributed by atoms with van der Waals surface area (Å²) in [4.78, 5) is 11.7. The molecule has 2 aromatic rings. The van der Waals surface area contributed by atoms with Crippen LogP contribution in [0.5, 0.6) is 0 Å². The summed E-state index contributed by atoms with van der Waals surface area (Å²) in [5, 5.41) is 0. The number of nitrogens with two attached hydrogens (primary N) is 1. The van der Waals surface area contributed by atoms with Crippen molar-refractivity contribution in [3.8, 4) is 0 Å². The number of esters is 1. The number of carbonyl (C=O) groups is 1. The summed E-state index contributed by atoms with van der Waals surface area (Å²) in [6.45, 7) is -0.0495. The van der Waals surface area contributed by atoms with Crippen LogP contribution in [0.25, 0.3) is 0 Å². The van der Waals surface area contributed by atoms with Crippen molar-refractivity contribution in [2.24, 2.45) is 5.73 Å². The molecule has 4 heteroatoms. The van der Waals surface area contributed by atoms with E-state index >= 15 is 0 Å². The summed E-state index contributed by atoms with van der Waals surface area (Å²) in [7, 11) is 0. The zero-order chi connectivity index (χ0) is 15.1. The van der Waals surface area contributed by atoms with Crippen molar-refractivity contribution >= 4 is 5.97 Å². The van der Waals surface area contributed by atoms with Gasteiger partial charge in [-0.15, -0.1) is 0 Å². The number of hydrogen-bond donors (Lipinski definition) is 1. The molecule has 0 heterocycles. The Kier molecular flexibility index (Phi) is 5.46. The lowest BCUT2D eigenvalue weighted by molar-refractivity contribution is -0.145. The van der Waals surface area contributed by atoms with E-state index in [1.54, 1.807) is 18.2 Å². The van der Waals surface area contributed by atoms with Crippen LogP contribution in [0.2, 0.25) is 0 Å². The fraction of sp³-hybridized carbons (Fsp3) is 0.235. The molecule has 0 aliphatic heterocycles. The summed E-state index contributed by atoms with van der Waals surface area (Å²) in [6, 6.07) is 15.6. The molecule has 1 unspecified atom stereocenters. The van der Waals surface area contributed by atoms with Crippen molar-refractivity contribution in [2.45, 2.75) is 25.5 Å². The Balaban J connectivity index is 1.76. The topological polar surface area (TPSA) is 52.3 Å². The van der Waals surface area contributed by atoms with Crippen molar-refractivity contribution in [1.29, 1.82) is 0 Å². The van der Waals surface area contributed by atoms with Crippen LogP contribution < -0.4 is 5.73 Å². The number of ether oxygens (including phenoxy) is 1. The van der Waals surface area contributed by atoms with Crippen molar-refractivity contribution in [3.05, 3.63) is 71.5 Å². The predicted molar refractivity (Wildman–Crippen MR) is 78.8 cm³/mol. The highest BCUT2D eigenvalue weighted by molar-refractivity contribution is 5.69. The number of benzene rings is 2. The molecule has 0 aliphatic rings. The van der Waals surface area contributed by atoms with Crippen LogP contribution in [0.15, 0.2) is 54.6 Å². The molecule has 21 heavy (non-hydrogen) atoms. The molecule has 0 bridgehead atoms. The lowest BCUT2D eigenvalue weighted by Gasteiger charge is -2.11. The Morgan fingerprint density at radius 1 is 1.10 bits per heavy atom. The smallest absolute Gasteiger partial charge is 0.306 e. The molecule has 0 aliphatic carbocycles. The zero-order valence-corrected chi connectivity index (χ0v) is 11.7. The fourth-order valence-corrected chi connectivity index (χ4v) is 1.99. The fourth-order valence-electron chi connectivity index (χ4n) is 1.99. The van der Waals surface area contributed by atoms with E-state index in [0.29, 0.717) is 12.0 Å². The highest BCUT2D eigenvalue weighted by atomic mass is 19.1. The van der Waals surface area contributed by atoms with Gasteiger partial charge < -0.3 is 10.5 Å².